The van der Waals surface area contributed by atoms with Crippen LogP contribution >= 0.6 is 0 Å². The highest BCUT2D eigenvalue weighted by Gasteiger charge is 2.66. The molecule has 1 saturated heterocycles. The van der Waals surface area contributed by atoms with E-state index in [9.17, 15) is 19.5 Å². The molecule has 0 aliphatic carbocycles. The van der Waals surface area contributed by atoms with Crippen molar-refractivity contribution in [2.45, 2.75) is 56.7 Å². The van der Waals surface area contributed by atoms with Crippen LogP contribution in [-0.2, 0) is 32.9 Å². The predicted octanol–water partition coefficient (Wildman–Crippen LogP) is 4.44. The number of para-hydroxylation sites is 3. The van der Waals surface area contributed by atoms with Crippen molar-refractivity contribution in [3.05, 3.63) is 90.3 Å². The molecule has 4 aromatic rings. The van der Waals surface area contributed by atoms with Gasteiger partial charge in [-0.15, -0.1) is 5.10 Å². The van der Waals surface area contributed by atoms with Gasteiger partial charge in [-0.25, -0.2) is 0 Å². The second-order valence-electron chi connectivity index (χ2n) is 12.8. The van der Waals surface area contributed by atoms with Crippen molar-refractivity contribution in [2.75, 3.05) is 23.0 Å². The number of rotatable bonds is 8. The first-order valence-corrected chi connectivity index (χ1v) is 18.6. The lowest BCUT2D eigenvalue weighted by Crippen LogP contribution is -2.45. The summed E-state index contributed by atoms with van der Waals surface area (Å²) in [5.74, 6) is -0.213. The molecular weight excluding hydrogens is 602 g/mol. The number of nitrogens with zero attached hydrogens (tertiary/aromatic N) is 5. The van der Waals surface area contributed by atoms with E-state index in [1.165, 1.54) is 0 Å². The van der Waals surface area contributed by atoms with Crippen LogP contribution in [0.25, 0.3) is 0 Å². The molecule has 12 heteroatoms. The molecule has 3 aliphatic heterocycles. The Hall–Kier alpha value is -4.36. The number of anilines is 4. The highest BCUT2D eigenvalue weighted by atomic mass is 28.4. The third-order valence-corrected chi connectivity index (χ3v) is 12.0. The van der Waals surface area contributed by atoms with E-state index in [-0.39, 0.29) is 36.5 Å². The van der Waals surface area contributed by atoms with Crippen molar-refractivity contribution < 1.29 is 29.0 Å². The van der Waals surface area contributed by atoms with E-state index in [1.807, 2.05) is 92.8 Å². The lowest BCUT2D eigenvalue weighted by Gasteiger charge is -2.33. The van der Waals surface area contributed by atoms with Gasteiger partial charge in [-0.05, 0) is 62.0 Å². The molecule has 0 unspecified atom stereocenters. The minimum Gasteiger partial charge on any atom is -0.482 e. The number of aryl methyl sites for hydroxylation is 1. The van der Waals surface area contributed by atoms with Crippen LogP contribution in [0.1, 0.15) is 24.6 Å². The summed E-state index contributed by atoms with van der Waals surface area (Å²) >= 11 is 0. The standard InChI is InChI=1S/C34H37N5O6Si/c1-22-32(46(2,3)43)30(15-17-37-20-23(16-18-40)35-36-37)45-34(22)26-19-25(38-28-11-7-8-12-29(28)44-21-31(38)41)13-14-27(26)39(33(34)42)24-9-5-4-6-10-24/h4-14,19-20,22,30,32,40,43H,15-18,21H2,1-3H3/t22-,30+,32-,34+/m1/s1. The zero-order chi connectivity index (χ0) is 32.2. The highest BCUT2D eigenvalue weighted by Crippen LogP contribution is 2.61. The molecule has 1 spiro atoms. The normalized spacial score (nSPS) is 24.0. The Morgan fingerprint density at radius 1 is 0.978 bits per heavy atom. The Kier molecular flexibility index (Phi) is 7.55. The molecule has 3 aromatic carbocycles. The average molecular weight is 640 g/mol. The largest absolute Gasteiger partial charge is 0.482 e. The van der Waals surface area contributed by atoms with E-state index < -0.39 is 20.0 Å². The summed E-state index contributed by atoms with van der Waals surface area (Å²) in [7, 11) is -2.90. The van der Waals surface area contributed by atoms with Crippen LogP contribution in [0.15, 0.2) is 79.0 Å². The molecule has 0 saturated carbocycles. The van der Waals surface area contributed by atoms with E-state index in [2.05, 4.69) is 10.3 Å². The SMILES string of the molecule is C[C@@H]1[C@@H]([Si](C)(C)O)[C@H](CCn2cc(CCO)nn2)O[C@@]12C(=O)N(c1ccccc1)c1ccc(N3C(=O)COc4ccccc43)cc12. The maximum atomic E-state index is 14.9. The van der Waals surface area contributed by atoms with Crippen molar-refractivity contribution in [1.82, 2.24) is 15.0 Å². The molecule has 11 nitrogen and oxygen atoms in total. The molecule has 4 heterocycles. The van der Waals surface area contributed by atoms with Crippen LogP contribution in [-0.4, -0.2) is 64.3 Å². The molecular formula is C34H37N5O6Si. The minimum atomic E-state index is -2.90. The van der Waals surface area contributed by atoms with Gasteiger partial charge in [0.25, 0.3) is 11.8 Å². The van der Waals surface area contributed by atoms with E-state index in [4.69, 9.17) is 9.47 Å². The summed E-state index contributed by atoms with van der Waals surface area (Å²) in [5.41, 5.74) is 2.31. The van der Waals surface area contributed by atoms with Gasteiger partial charge in [0.05, 0.1) is 23.2 Å². The van der Waals surface area contributed by atoms with Crippen LogP contribution in [0.4, 0.5) is 22.7 Å². The fourth-order valence-electron chi connectivity index (χ4n) is 7.55. The summed E-state index contributed by atoms with van der Waals surface area (Å²) in [6.45, 7) is 6.15. The first-order valence-electron chi connectivity index (χ1n) is 15.6. The van der Waals surface area contributed by atoms with Gasteiger partial charge in [-0.2, -0.15) is 0 Å². The number of aromatic nitrogens is 3. The molecule has 238 valence electrons. The van der Waals surface area contributed by atoms with Gasteiger partial charge in [0.15, 0.2) is 20.5 Å². The van der Waals surface area contributed by atoms with Gasteiger partial charge in [-0.3, -0.25) is 24.1 Å². The molecule has 46 heavy (non-hydrogen) atoms. The lowest BCUT2D eigenvalue weighted by atomic mass is 9.82. The number of hydrogen-bond donors (Lipinski definition) is 2. The quantitative estimate of drug-likeness (QED) is 0.271. The Balaban J connectivity index is 1.34. The van der Waals surface area contributed by atoms with Crippen LogP contribution in [0.3, 0.4) is 0 Å². The van der Waals surface area contributed by atoms with Crippen LogP contribution < -0.4 is 14.5 Å². The number of fused-ring (bicyclic) bond motifs is 3. The molecule has 2 N–H and O–H groups in total. The van der Waals surface area contributed by atoms with Gasteiger partial charge in [0, 0.05) is 54.2 Å². The number of ether oxygens (including phenoxy) is 2. The summed E-state index contributed by atoms with van der Waals surface area (Å²) in [5, 5.41) is 17.6. The fraction of sp³-hybridized carbons (Fsp3) is 0.353. The van der Waals surface area contributed by atoms with Gasteiger partial charge in [-0.1, -0.05) is 42.5 Å². The molecule has 2 amide bonds. The second-order valence-corrected chi connectivity index (χ2v) is 16.7. The van der Waals surface area contributed by atoms with Crippen LogP contribution in [0.2, 0.25) is 18.6 Å². The summed E-state index contributed by atoms with van der Waals surface area (Å²) in [6.07, 6.45) is 2.27. The monoisotopic (exact) mass is 639 g/mol. The maximum Gasteiger partial charge on any atom is 0.269 e. The van der Waals surface area contributed by atoms with Gasteiger partial charge < -0.3 is 19.4 Å². The fourth-order valence-corrected chi connectivity index (χ4v) is 10.2. The second kappa shape index (κ2) is 11.5. The maximum absolute atomic E-state index is 14.9. The molecule has 7 rings (SSSR count). The van der Waals surface area contributed by atoms with Crippen molar-refractivity contribution in [1.29, 1.82) is 0 Å². The first-order chi connectivity index (χ1) is 22.1. The van der Waals surface area contributed by atoms with Crippen molar-refractivity contribution in [3.8, 4) is 5.75 Å². The molecule has 0 radical (unpaired) electrons. The number of benzene rings is 3. The summed E-state index contributed by atoms with van der Waals surface area (Å²) < 4.78 is 14.4. The van der Waals surface area contributed by atoms with E-state index in [1.54, 1.807) is 20.7 Å². The third-order valence-electron chi connectivity index (χ3n) is 9.45. The molecule has 0 bridgehead atoms. The number of carbonyl (C=O) groups excluding carboxylic acids is 2. The zero-order valence-corrected chi connectivity index (χ0v) is 27.0. The van der Waals surface area contributed by atoms with Crippen molar-refractivity contribution in [3.63, 3.8) is 0 Å². The Bertz CT molecular complexity index is 1790. The Morgan fingerprint density at radius 3 is 2.50 bits per heavy atom. The van der Waals surface area contributed by atoms with Crippen LogP contribution in [0, 0.1) is 5.92 Å². The van der Waals surface area contributed by atoms with Crippen molar-refractivity contribution in [2.24, 2.45) is 5.92 Å². The Morgan fingerprint density at radius 2 is 1.74 bits per heavy atom. The van der Waals surface area contributed by atoms with E-state index >= 15 is 0 Å². The van der Waals surface area contributed by atoms with Gasteiger partial charge >= 0.3 is 0 Å². The number of aliphatic hydroxyl groups is 1. The van der Waals surface area contributed by atoms with Crippen LogP contribution in [0.5, 0.6) is 5.75 Å². The van der Waals surface area contributed by atoms with E-state index in [0.717, 1.165) is 0 Å². The highest BCUT2D eigenvalue weighted by molar-refractivity contribution is 6.71. The molecule has 4 atom stereocenters. The number of amides is 2. The predicted molar refractivity (Wildman–Crippen MR) is 174 cm³/mol. The number of aliphatic hydroxyl groups excluding tert-OH is 1. The zero-order valence-electron chi connectivity index (χ0n) is 26.0. The Labute approximate surface area is 268 Å². The molecule has 1 aromatic heterocycles. The van der Waals surface area contributed by atoms with E-state index in [0.29, 0.717) is 59.1 Å². The summed E-state index contributed by atoms with van der Waals surface area (Å²) in [6, 6.07) is 22.5. The molecule has 1 fully saturated rings. The van der Waals surface area contributed by atoms with Gasteiger partial charge in [0.1, 0.15) is 5.75 Å². The lowest BCUT2D eigenvalue weighted by molar-refractivity contribution is -0.145. The van der Waals surface area contributed by atoms with Crippen molar-refractivity contribution >= 4 is 42.9 Å². The number of carbonyl (C=O) groups is 2. The molecule has 3 aliphatic rings. The minimum absolute atomic E-state index is 0.0140. The first kappa shape index (κ1) is 30.3. The third kappa shape index (κ3) is 4.83. The summed E-state index contributed by atoms with van der Waals surface area (Å²) in [4.78, 5) is 43.3. The average Bonchev–Trinajstić information content (AvgIpc) is 3.69. The number of hydrogen-bond acceptors (Lipinski definition) is 8. The topological polar surface area (TPSA) is 130 Å². The smallest absolute Gasteiger partial charge is 0.269 e. The van der Waals surface area contributed by atoms with Gasteiger partial charge in [0.2, 0.25) is 0 Å².